The second-order valence-corrected chi connectivity index (χ2v) is 5.01. The summed E-state index contributed by atoms with van der Waals surface area (Å²) in [6.07, 6.45) is 6.17. The van der Waals surface area contributed by atoms with Crippen molar-refractivity contribution in [2.24, 2.45) is 0 Å². The first kappa shape index (κ1) is 16.2. The molecule has 7 heteroatoms. The van der Waals surface area contributed by atoms with E-state index in [1.165, 1.54) is 14.2 Å². The van der Waals surface area contributed by atoms with Gasteiger partial charge in [0.1, 0.15) is 0 Å². The minimum Gasteiger partial charge on any atom is -0.493 e. The standard InChI is InChI=1S/C15H18ClN3O3/c1-21-13-9-11(8-12(16)14(13)22-2)15(20)18-4-3-6-19-7-5-17-10-19/h5,7-10H,3-4,6H2,1-2H3,(H,18,20). The van der Waals surface area contributed by atoms with Crippen LogP contribution in [0.2, 0.25) is 5.02 Å². The van der Waals surface area contributed by atoms with Crippen LogP contribution in [0.4, 0.5) is 0 Å². The molecule has 1 heterocycles. The fraction of sp³-hybridized carbons (Fsp3) is 0.333. The Balaban J connectivity index is 1.93. The summed E-state index contributed by atoms with van der Waals surface area (Å²) < 4.78 is 12.3. The molecule has 0 saturated carbocycles. The third kappa shape index (κ3) is 3.92. The fourth-order valence-electron chi connectivity index (χ4n) is 2.03. The van der Waals surface area contributed by atoms with E-state index in [2.05, 4.69) is 10.3 Å². The van der Waals surface area contributed by atoms with E-state index in [4.69, 9.17) is 21.1 Å². The van der Waals surface area contributed by atoms with Crippen LogP contribution in [-0.4, -0.2) is 36.2 Å². The number of carbonyl (C=O) groups excluding carboxylic acids is 1. The first-order chi connectivity index (χ1) is 10.7. The van der Waals surface area contributed by atoms with Gasteiger partial charge in [-0.1, -0.05) is 11.6 Å². The summed E-state index contributed by atoms with van der Waals surface area (Å²) in [6.45, 7) is 1.36. The van der Waals surface area contributed by atoms with Crippen LogP contribution >= 0.6 is 11.6 Å². The molecule has 1 aromatic carbocycles. The summed E-state index contributed by atoms with van der Waals surface area (Å²) in [6, 6.07) is 3.17. The molecular formula is C15H18ClN3O3. The third-order valence-electron chi connectivity index (χ3n) is 3.13. The van der Waals surface area contributed by atoms with Crippen LogP contribution in [0.1, 0.15) is 16.8 Å². The van der Waals surface area contributed by atoms with Crippen molar-refractivity contribution in [1.82, 2.24) is 14.9 Å². The van der Waals surface area contributed by atoms with Gasteiger partial charge in [-0.3, -0.25) is 4.79 Å². The SMILES string of the molecule is COc1cc(C(=O)NCCCn2ccnc2)cc(Cl)c1OC. The summed E-state index contributed by atoms with van der Waals surface area (Å²) in [4.78, 5) is 16.1. The smallest absolute Gasteiger partial charge is 0.251 e. The second-order valence-electron chi connectivity index (χ2n) is 4.60. The van der Waals surface area contributed by atoms with E-state index < -0.39 is 0 Å². The second kappa shape index (κ2) is 7.70. The molecule has 2 aromatic rings. The summed E-state index contributed by atoms with van der Waals surface area (Å²) in [7, 11) is 3.00. The predicted molar refractivity (Wildman–Crippen MR) is 83.7 cm³/mol. The number of hydrogen-bond acceptors (Lipinski definition) is 4. The first-order valence-electron chi connectivity index (χ1n) is 6.81. The van der Waals surface area contributed by atoms with Gasteiger partial charge in [0, 0.05) is 31.0 Å². The molecule has 118 valence electrons. The lowest BCUT2D eigenvalue weighted by molar-refractivity contribution is 0.0952. The Morgan fingerprint density at radius 2 is 2.18 bits per heavy atom. The van der Waals surface area contributed by atoms with E-state index in [1.807, 2.05) is 10.8 Å². The van der Waals surface area contributed by atoms with Crippen LogP contribution < -0.4 is 14.8 Å². The summed E-state index contributed by atoms with van der Waals surface area (Å²) in [5.74, 6) is 0.646. The predicted octanol–water partition coefficient (Wildman–Crippen LogP) is 2.37. The van der Waals surface area contributed by atoms with Gasteiger partial charge in [0.2, 0.25) is 0 Å². The maximum Gasteiger partial charge on any atom is 0.251 e. The number of nitrogens with zero attached hydrogens (tertiary/aromatic N) is 2. The van der Waals surface area contributed by atoms with E-state index in [0.29, 0.717) is 28.6 Å². The summed E-state index contributed by atoms with van der Waals surface area (Å²) in [5.41, 5.74) is 0.435. The number of rotatable bonds is 7. The molecule has 0 radical (unpaired) electrons. The number of nitrogens with one attached hydrogen (secondary N) is 1. The number of benzene rings is 1. The highest BCUT2D eigenvalue weighted by Crippen LogP contribution is 2.35. The van der Waals surface area contributed by atoms with Crippen molar-refractivity contribution in [3.8, 4) is 11.5 Å². The maximum atomic E-state index is 12.1. The van der Waals surface area contributed by atoms with Crippen molar-refractivity contribution in [3.63, 3.8) is 0 Å². The number of methoxy groups -OCH3 is 2. The van der Waals surface area contributed by atoms with Crippen molar-refractivity contribution in [2.75, 3.05) is 20.8 Å². The van der Waals surface area contributed by atoms with Crippen LogP contribution in [-0.2, 0) is 6.54 Å². The molecule has 0 bridgehead atoms. The van der Waals surface area contributed by atoms with Gasteiger partial charge < -0.3 is 19.4 Å². The van der Waals surface area contributed by atoms with Crippen molar-refractivity contribution >= 4 is 17.5 Å². The van der Waals surface area contributed by atoms with Crippen LogP contribution in [0.15, 0.2) is 30.9 Å². The number of amides is 1. The van der Waals surface area contributed by atoms with E-state index in [0.717, 1.165) is 13.0 Å². The van der Waals surface area contributed by atoms with Crippen molar-refractivity contribution in [2.45, 2.75) is 13.0 Å². The highest BCUT2D eigenvalue weighted by Gasteiger charge is 2.14. The number of ether oxygens (including phenoxy) is 2. The molecule has 22 heavy (non-hydrogen) atoms. The minimum atomic E-state index is -0.200. The number of aryl methyl sites for hydroxylation is 1. The van der Waals surface area contributed by atoms with E-state index in [-0.39, 0.29) is 5.91 Å². The molecule has 0 aliphatic rings. The molecule has 0 atom stereocenters. The van der Waals surface area contributed by atoms with Crippen LogP contribution in [0, 0.1) is 0 Å². The van der Waals surface area contributed by atoms with Gasteiger partial charge in [-0.05, 0) is 18.6 Å². The molecule has 0 unspecified atom stereocenters. The van der Waals surface area contributed by atoms with Crippen molar-refractivity contribution < 1.29 is 14.3 Å². The van der Waals surface area contributed by atoms with Gasteiger partial charge >= 0.3 is 0 Å². The Kier molecular flexibility index (Phi) is 5.66. The largest absolute Gasteiger partial charge is 0.493 e. The van der Waals surface area contributed by atoms with Crippen molar-refractivity contribution in [1.29, 1.82) is 0 Å². The third-order valence-corrected chi connectivity index (χ3v) is 3.41. The Bertz CT molecular complexity index is 629. The quantitative estimate of drug-likeness (QED) is 0.794. The van der Waals surface area contributed by atoms with Gasteiger partial charge in [-0.15, -0.1) is 0 Å². The lowest BCUT2D eigenvalue weighted by atomic mass is 10.2. The maximum absolute atomic E-state index is 12.1. The van der Waals surface area contributed by atoms with Gasteiger partial charge in [0.05, 0.1) is 25.6 Å². The number of carbonyl (C=O) groups is 1. The van der Waals surface area contributed by atoms with Gasteiger partial charge in [0.15, 0.2) is 11.5 Å². The van der Waals surface area contributed by atoms with Gasteiger partial charge in [-0.25, -0.2) is 4.98 Å². The number of hydrogen-bond donors (Lipinski definition) is 1. The Morgan fingerprint density at radius 1 is 1.36 bits per heavy atom. The summed E-state index contributed by atoms with van der Waals surface area (Å²) in [5, 5.41) is 3.19. The van der Waals surface area contributed by atoms with E-state index in [9.17, 15) is 4.79 Å². The fourth-order valence-corrected chi connectivity index (χ4v) is 2.32. The first-order valence-corrected chi connectivity index (χ1v) is 7.19. The zero-order chi connectivity index (χ0) is 15.9. The Labute approximate surface area is 134 Å². The highest BCUT2D eigenvalue weighted by atomic mass is 35.5. The molecule has 0 aliphatic heterocycles. The van der Waals surface area contributed by atoms with Crippen LogP contribution in [0.3, 0.4) is 0 Å². The Morgan fingerprint density at radius 3 is 2.82 bits per heavy atom. The zero-order valence-corrected chi connectivity index (χ0v) is 13.3. The molecule has 0 spiro atoms. The van der Waals surface area contributed by atoms with E-state index in [1.54, 1.807) is 24.7 Å². The summed E-state index contributed by atoms with van der Waals surface area (Å²) >= 11 is 6.09. The number of imidazole rings is 1. The lowest BCUT2D eigenvalue weighted by Crippen LogP contribution is -2.25. The van der Waals surface area contributed by atoms with E-state index >= 15 is 0 Å². The lowest BCUT2D eigenvalue weighted by Gasteiger charge is -2.12. The molecule has 1 N–H and O–H groups in total. The van der Waals surface area contributed by atoms with Crippen LogP contribution in [0.25, 0.3) is 0 Å². The average molecular weight is 324 g/mol. The monoisotopic (exact) mass is 323 g/mol. The molecule has 2 rings (SSSR count). The topological polar surface area (TPSA) is 65.4 Å². The normalized spacial score (nSPS) is 10.3. The van der Waals surface area contributed by atoms with Crippen molar-refractivity contribution in [3.05, 3.63) is 41.4 Å². The molecule has 1 amide bonds. The molecule has 6 nitrogen and oxygen atoms in total. The van der Waals surface area contributed by atoms with Gasteiger partial charge in [-0.2, -0.15) is 0 Å². The minimum absolute atomic E-state index is 0.200. The molecule has 1 aromatic heterocycles. The number of halogens is 1. The molecule has 0 saturated heterocycles. The highest BCUT2D eigenvalue weighted by molar-refractivity contribution is 6.32. The average Bonchev–Trinajstić information content (AvgIpc) is 3.03. The molecule has 0 fully saturated rings. The molecular weight excluding hydrogens is 306 g/mol. The van der Waals surface area contributed by atoms with Gasteiger partial charge in [0.25, 0.3) is 5.91 Å². The Hall–Kier alpha value is -2.21. The molecule has 0 aliphatic carbocycles. The zero-order valence-electron chi connectivity index (χ0n) is 12.5. The number of aromatic nitrogens is 2. The van der Waals surface area contributed by atoms with Crippen LogP contribution in [0.5, 0.6) is 11.5 Å².